The predicted octanol–water partition coefficient (Wildman–Crippen LogP) is 3.56. The largest absolute Gasteiger partial charge is 0.338 e. The maximum Gasteiger partial charge on any atom is 0.229 e. The number of hydrogen-bond donors (Lipinski definition) is 1. The molecule has 2 heterocycles. The summed E-state index contributed by atoms with van der Waals surface area (Å²) in [5, 5.41) is 2.93. The molecule has 150 valence electrons. The molecule has 2 saturated heterocycles. The smallest absolute Gasteiger partial charge is 0.229 e. The second kappa shape index (κ2) is 8.37. The predicted molar refractivity (Wildman–Crippen MR) is 114 cm³/mol. The third-order valence-corrected chi connectivity index (χ3v) is 5.85. The van der Waals surface area contributed by atoms with E-state index >= 15 is 0 Å². The van der Waals surface area contributed by atoms with Gasteiger partial charge in [0.1, 0.15) is 0 Å². The Morgan fingerprint density at radius 1 is 1.10 bits per heavy atom. The molecule has 0 bridgehead atoms. The fourth-order valence-corrected chi connectivity index (χ4v) is 4.25. The quantitative estimate of drug-likeness (QED) is 0.748. The minimum atomic E-state index is -0.398. The summed E-state index contributed by atoms with van der Waals surface area (Å²) in [5.41, 5.74) is 2.46. The Morgan fingerprint density at radius 2 is 1.93 bits per heavy atom. The summed E-state index contributed by atoms with van der Waals surface area (Å²) in [5.74, 6) is -0.434. The number of hydrogen-bond acceptors (Lipinski definition) is 3. The molecule has 0 aromatic heterocycles. The van der Waals surface area contributed by atoms with Crippen LogP contribution in [0, 0.1) is 5.92 Å². The number of nitrogens with one attached hydrogen (secondary N) is 1. The Kier molecular flexibility index (Phi) is 5.67. The van der Waals surface area contributed by atoms with Crippen molar-refractivity contribution in [2.75, 3.05) is 23.3 Å². The van der Waals surface area contributed by atoms with Crippen molar-refractivity contribution in [3.8, 4) is 0 Å². The van der Waals surface area contributed by atoms with Crippen LogP contribution in [0.2, 0.25) is 0 Å². The van der Waals surface area contributed by atoms with Gasteiger partial charge in [0.15, 0.2) is 0 Å². The number of halogens is 1. The molecule has 0 saturated carbocycles. The Balaban J connectivity index is 1.40. The van der Waals surface area contributed by atoms with E-state index in [9.17, 15) is 14.4 Å². The highest BCUT2D eigenvalue weighted by molar-refractivity contribution is 9.10. The van der Waals surface area contributed by atoms with Crippen molar-refractivity contribution in [2.45, 2.75) is 25.8 Å². The lowest BCUT2D eigenvalue weighted by molar-refractivity contribution is -0.128. The van der Waals surface area contributed by atoms with Crippen molar-refractivity contribution in [3.05, 3.63) is 58.6 Å². The average molecular weight is 456 g/mol. The monoisotopic (exact) mass is 455 g/mol. The number of anilines is 2. The highest BCUT2D eigenvalue weighted by atomic mass is 79.9. The van der Waals surface area contributed by atoms with Crippen LogP contribution in [0.1, 0.15) is 24.8 Å². The highest BCUT2D eigenvalue weighted by Gasteiger charge is 2.35. The summed E-state index contributed by atoms with van der Waals surface area (Å²) in [6, 6.07) is 15.1. The van der Waals surface area contributed by atoms with E-state index in [1.807, 2.05) is 53.4 Å². The summed E-state index contributed by atoms with van der Waals surface area (Å²) in [4.78, 5) is 40.5. The summed E-state index contributed by atoms with van der Waals surface area (Å²) in [6.07, 6.45) is 1.71. The Morgan fingerprint density at radius 3 is 2.69 bits per heavy atom. The molecule has 4 rings (SSSR count). The van der Waals surface area contributed by atoms with Crippen molar-refractivity contribution in [3.63, 3.8) is 0 Å². The minimum absolute atomic E-state index is 0.0513. The summed E-state index contributed by atoms with van der Waals surface area (Å²) in [7, 11) is 0. The number of benzene rings is 2. The van der Waals surface area contributed by atoms with Gasteiger partial charge in [0.25, 0.3) is 0 Å². The molecule has 0 radical (unpaired) electrons. The number of amides is 3. The Labute approximate surface area is 178 Å². The molecule has 1 N–H and O–H groups in total. The van der Waals surface area contributed by atoms with Gasteiger partial charge in [-0.15, -0.1) is 0 Å². The first-order chi connectivity index (χ1) is 14.0. The zero-order chi connectivity index (χ0) is 20.4. The second-order valence-corrected chi connectivity index (χ2v) is 8.41. The molecule has 2 aliphatic heterocycles. The molecule has 2 aliphatic rings. The van der Waals surface area contributed by atoms with Gasteiger partial charge in [-0.1, -0.05) is 34.1 Å². The van der Waals surface area contributed by atoms with Crippen LogP contribution in [0.15, 0.2) is 53.0 Å². The SMILES string of the molecule is O=C(Nc1cccc(CN2CCCC2=O)c1)C1CC(=O)N(c2cccc(Br)c2)C1. The third-order valence-electron chi connectivity index (χ3n) is 5.36. The molecule has 2 fully saturated rings. The highest BCUT2D eigenvalue weighted by Crippen LogP contribution is 2.28. The number of rotatable bonds is 5. The summed E-state index contributed by atoms with van der Waals surface area (Å²) in [6.45, 7) is 1.70. The molecule has 3 amide bonds. The van der Waals surface area contributed by atoms with Gasteiger partial charge in [-0.25, -0.2) is 0 Å². The topological polar surface area (TPSA) is 69.7 Å². The maximum atomic E-state index is 12.7. The van der Waals surface area contributed by atoms with E-state index in [1.165, 1.54) is 0 Å². The fourth-order valence-electron chi connectivity index (χ4n) is 3.86. The number of carbonyl (C=O) groups excluding carboxylic acids is 3. The zero-order valence-corrected chi connectivity index (χ0v) is 17.5. The van der Waals surface area contributed by atoms with Gasteiger partial charge in [-0.05, 0) is 42.3 Å². The van der Waals surface area contributed by atoms with E-state index in [1.54, 1.807) is 4.90 Å². The molecule has 2 aromatic carbocycles. The molecule has 1 atom stereocenters. The Bertz CT molecular complexity index is 962. The molecule has 6 nitrogen and oxygen atoms in total. The van der Waals surface area contributed by atoms with Gasteiger partial charge in [-0.2, -0.15) is 0 Å². The van der Waals surface area contributed by atoms with Gasteiger partial charge in [0.05, 0.1) is 5.92 Å². The molecular formula is C22H22BrN3O3. The van der Waals surface area contributed by atoms with Crippen LogP contribution in [0.25, 0.3) is 0 Å². The normalized spacial score (nSPS) is 19.1. The van der Waals surface area contributed by atoms with Crippen LogP contribution in [0.3, 0.4) is 0 Å². The first-order valence-electron chi connectivity index (χ1n) is 9.73. The number of nitrogens with zero attached hydrogens (tertiary/aromatic N) is 2. The van der Waals surface area contributed by atoms with E-state index in [2.05, 4.69) is 21.2 Å². The third kappa shape index (κ3) is 4.50. The first kappa shape index (κ1) is 19.6. The van der Waals surface area contributed by atoms with Gasteiger partial charge >= 0.3 is 0 Å². The van der Waals surface area contributed by atoms with Crippen LogP contribution in [0.4, 0.5) is 11.4 Å². The van der Waals surface area contributed by atoms with E-state index in [4.69, 9.17) is 0 Å². The molecule has 1 unspecified atom stereocenters. The van der Waals surface area contributed by atoms with Crippen LogP contribution < -0.4 is 10.2 Å². The molecule has 0 aliphatic carbocycles. The van der Waals surface area contributed by atoms with Crippen molar-refractivity contribution in [1.82, 2.24) is 4.90 Å². The van der Waals surface area contributed by atoms with Crippen LogP contribution in [-0.2, 0) is 20.9 Å². The summed E-state index contributed by atoms with van der Waals surface area (Å²) < 4.78 is 0.893. The lowest BCUT2D eigenvalue weighted by Gasteiger charge is -2.18. The fraction of sp³-hybridized carbons (Fsp3) is 0.318. The standard InChI is InChI=1S/C22H22BrN3O3/c23-17-5-2-7-19(12-17)26-14-16(11-21(26)28)22(29)24-18-6-1-4-15(10-18)13-25-9-3-8-20(25)27/h1-2,4-7,10,12,16H,3,8-9,11,13-14H2,(H,24,29). The van der Waals surface area contributed by atoms with Crippen molar-refractivity contribution in [2.24, 2.45) is 5.92 Å². The molecule has 7 heteroatoms. The van der Waals surface area contributed by atoms with E-state index in [0.29, 0.717) is 25.2 Å². The molecule has 29 heavy (non-hydrogen) atoms. The van der Waals surface area contributed by atoms with Crippen LogP contribution >= 0.6 is 15.9 Å². The lowest BCUT2D eigenvalue weighted by atomic mass is 10.1. The maximum absolute atomic E-state index is 12.7. The van der Waals surface area contributed by atoms with E-state index in [-0.39, 0.29) is 24.1 Å². The van der Waals surface area contributed by atoms with E-state index in [0.717, 1.165) is 28.7 Å². The van der Waals surface area contributed by atoms with Crippen molar-refractivity contribution >= 4 is 45.0 Å². The number of likely N-dealkylation sites (tertiary alicyclic amines) is 1. The van der Waals surface area contributed by atoms with Crippen LogP contribution in [-0.4, -0.2) is 35.7 Å². The van der Waals surface area contributed by atoms with Gasteiger partial charge in [0.2, 0.25) is 17.7 Å². The van der Waals surface area contributed by atoms with E-state index < -0.39 is 5.92 Å². The van der Waals surface area contributed by atoms with Gasteiger partial charge in [0, 0.05) is 48.3 Å². The molecule has 2 aromatic rings. The molecule has 0 spiro atoms. The average Bonchev–Trinajstić information content (AvgIpc) is 3.28. The van der Waals surface area contributed by atoms with Crippen molar-refractivity contribution in [1.29, 1.82) is 0 Å². The number of carbonyl (C=O) groups is 3. The van der Waals surface area contributed by atoms with Gasteiger partial charge < -0.3 is 15.1 Å². The van der Waals surface area contributed by atoms with Gasteiger partial charge in [-0.3, -0.25) is 14.4 Å². The summed E-state index contributed by atoms with van der Waals surface area (Å²) >= 11 is 3.42. The second-order valence-electron chi connectivity index (χ2n) is 7.49. The Hall–Kier alpha value is -2.67. The zero-order valence-electron chi connectivity index (χ0n) is 15.9. The minimum Gasteiger partial charge on any atom is -0.338 e. The first-order valence-corrected chi connectivity index (χ1v) is 10.5. The molecular weight excluding hydrogens is 434 g/mol. The van der Waals surface area contributed by atoms with Crippen molar-refractivity contribution < 1.29 is 14.4 Å². The van der Waals surface area contributed by atoms with Crippen LogP contribution in [0.5, 0.6) is 0 Å². The lowest BCUT2D eigenvalue weighted by Crippen LogP contribution is -2.28.